The molecule has 5 heteroatoms. The van der Waals surface area contributed by atoms with Crippen molar-refractivity contribution >= 4 is 5.91 Å². The summed E-state index contributed by atoms with van der Waals surface area (Å²) in [6, 6.07) is 0. The predicted octanol–water partition coefficient (Wildman–Crippen LogP) is 1.17. The van der Waals surface area contributed by atoms with Gasteiger partial charge in [0.2, 0.25) is 5.91 Å². The minimum Gasteiger partial charge on any atom is -0.350 e. The van der Waals surface area contributed by atoms with Crippen LogP contribution in [0.3, 0.4) is 0 Å². The van der Waals surface area contributed by atoms with Crippen molar-refractivity contribution in [2.75, 3.05) is 6.67 Å². The Morgan fingerprint density at radius 2 is 0.347 bits per heavy atom. The SMILES string of the molecule is C#CC#CC#CC#CC#CC#CC#CC#CC#CC#CC#CC#CC#CC#CC#CC#CC#CC#CC#CC#CC#CC#CC#CC#CC#CC#CC#CC#CC#CC#CC#CC#CC#CC#CC#CC#CC#CC#CC#CC#CC#CC#CC#CC.CC(=O)NCN=[N+]=[N-]. The molecule has 396 valence electrons. The summed E-state index contributed by atoms with van der Waals surface area (Å²) >= 11 is 0. The van der Waals surface area contributed by atoms with Crippen LogP contribution >= 0.6 is 0 Å². The van der Waals surface area contributed by atoms with Crippen molar-refractivity contribution in [3.8, 4) is 510 Å². The van der Waals surface area contributed by atoms with E-state index < -0.39 is 0 Å². The summed E-state index contributed by atoms with van der Waals surface area (Å²) < 4.78 is 0. The van der Waals surface area contributed by atoms with Crippen molar-refractivity contribution in [1.29, 1.82) is 0 Å². The van der Waals surface area contributed by atoms with E-state index >= 15 is 0 Å². The summed E-state index contributed by atoms with van der Waals surface area (Å²) in [4.78, 5) is 12.4. The molecule has 0 atom stereocenters. The van der Waals surface area contributed by atoms with E-state index in [1.165, 1.54) is 6.92 Å². The van der Waals surface area contributed by atoms with Crippen LogP contribution in [0.1, 0.15) is 13.8 Å². The standard InChI is InChI=1S/C87H4.C3H6N4O/c1-3-5-7-9-11-13-15-17-19-21-23-25-27-29-31-33-35-37-39-41-43-45-47-49-51-53-55-57-59-61-63-65-67-69-71-73-75-77-79-81-83-85-87-86-84-82-80-78-76-74-72-70-68-66-64-62-60-58-56-54-52-50-48-46-44-42-40-38-36-34-32-30-28-26-24-22-20-18-16-14-12-10-8-6-4-2;1-3(8)5-2-6-7-4/h1H,2H3;2H2,1H3,(H,5,8). The molecule has 0 spiro atoms. The predicted molar refractivity (Wildman–Crippen MR) is 369 cm³/mol. The van der Waals surface area contributed by atoms with Gasteiger partial charge in [0.05, 0.1) is 6.67 Å². The summed E-state index contributed by atoms with van der Waals surface area (Å²) in [5, 5.41) is 5.35. The molecular weight excluding hydrogens is 1150 g/mol. The molecule has 1 N–H and O–H groups in total. The van der Waals surface area contributed by atoms with E-state index in [1.54, 1.807) is 6.92 Å². The minimum absolute atomic E-state index is 0.0336. The average molecular weight is 1160 g/mol. The van der Waals surface area contributed by atoms with Crippen molar-refractivity contribution in [2.45, 2.75) is 13.8 Å². The van der Waals surface area contributed by atoms with Crippen LogP contribution in [0.5, 0.6) is 0 Å². The molecule has 0 rings (SSSR count). The lowest BCUT2D eigenvalue weighted by molar-refractivity contribution is -0.118. The number of hydrogen-bond acceptors (Lipinski definition) is 2. The van der Waals surface area contributed by atoms with Gasteiger partial charge in [0, 0.05) is 414 Å². The molecule has 0 bridgehead atoms. The maximum atomic E-state index is 10.0. The first-order chi connectivity index (χ1) is 47.2. The number of amides is 1. The Morgan fingerprint density at radius 3 is 0.432 bits per heavy atom. The van der Waals surface area contributed by atoms with Gasteiger partial charge in [-0.05, 0) is 107 Å². The molecule has 0 aromatic heterocycles. The molecule has 0 aromatic rings. The molecule has 5 nitrogen and oxygen atoms in total. The Balaban J connectivity index is 0. The number of rotatable bonds is 2. The molecule has 0 radical (unpaired) electrons. The normalized spacial score (nSPS) is 4.22. The Labute approximate surface area is 558 Å². The maximum absolute atomic E-state index is 10.0. The van der Waals surface area contributed by atoms with E-state index in [1.807, 2.05) is 0 Å². The fourth-order valence-corrected chi connectivity index (χ4v) is 2.81. The molecule has 0 aliphatic rings. The summed E-state index contributed by atoms with van der Waals surface area (Å²) in [6.07, 6.45) is 4.95. The van der Waals surface area contributed by atoms with Crippen LogP contribution in [-0.2, 0) is 4.79 Å². The van der Waals surface area contributed by atoms with Gasteiger partial charge in [0.25, 0.3) is 0 Å². The fourth-order valence-electron chi connectivity index (χ4n) is 2.81. The monoisotopic (exact) mass is 1160 g/mol. The van der Waals surface area contributed by atoms with Crippen molar-refractivity contribution in [3.05, 3.63) is 10.4 Å². The van der Waals surface area contributed by atoms with Crippen LogP contribution in [0.15, 0.2) is 5.11 Å². The molecular formula is C90H10N4O. The summed E-state index contributed by atoms with van der Waals surface area (Å²) in [6.45, 7) is 3.07. The van der Waals surface area contributed by atoms with Gasteiger partial charge in [-0.2, -0.15) is 0 Å². The Morgan fingerprint density at radius 1 is 0.242 bits per heavy atom. The van der Waals surface area contributed by atoms with Gasteiger partial charge in [-0.1, -0.05) is 11.0 Å². The zero-order chi connectivity index (χ0) is 68.5. The molecule has 0 heterocycles. The van der Waals surface area contributed by atoms with Gasteiger partial charge in [-0.3, -0.25) is 4.79 Å². The molecule has 0 saturated carbocycles. The number of hydrogen-bond donors (Lipinski definition) is 1. The first kappa shape index (κ1) is 76.9. The second kappa shape index (κ2) is 75.9. The molecule has 0 fully saturated rings. The first-order valence-electron chi connectivity index (χ1n) is 23.8. The van der Waals surface area contributed by atoms with E-state index in [9.17, 15) is 4.79 Å². The lowest BCUT2D eigenvalue weighted by Crippen LogP contribution is -2.18. The third-order valence-electron chi connectivity index (χ3n) is 5.78. The first-order valence-corrected chi connectivity index (χ1v) is 23.8. The smallest absolute Gasteiger partial charge is 0.216 e. The number of azide groups is 1. The highest BCUT2D eigenvalue weighted by Gasteiger charge is 1.82. The number of terminal acetylenes is 1. The highest BCUT2D eigenvalue weighted by atomic mass is 16.1. The van der Waals surface area contributed by atoms with Crippen molar-refractivity contribution in [1.82, 2.24) is 5.32 Å². The Bertz CT molecular complexity index is 6320. The van der Waals surface area contributed by atoms with Crippen LogP contribution in [0.2, 0.25) is 0 Å². The van der Waals surface area contributed by atoms with E-state index in [4.69, 9.17) is 12.0 Å². The van der Waals surface area contributed by atoms with Crippen LogP contribution in [-0.4, -0.2) is 12.6 Å². The lowest BCUT2D eigenvalue weighted by atomic mass is 10.4. The van der Waals surface area contributed by atoms with Crippen molar-refractivity contribution in [2.24, 2.45) is 5.11 Å². The van der Waals surface area contributed by atoms with Gasteiger partial charge in [-0.25, -0.2) is 0 Å². The minimum atomic E-state index is -0.197. The van der Waals surface area contributed by atoms with Gasteiger partial charge < -0.3 is 5.32 Å². The average Bonchev–Trinajstić information content (AvgIpc) is 3.59. The largest absolute Gasteiger partial charge is 0.350 e. The topological polar surface area (TPSA) is 77.9 Å². The zero-order valence-electron chi connectivity index (χ0n) is 48.5. The number of carbonyl (C=O) groups excluding carboxylic acids is 1. The Kier molecular flexibility index (Phi) is 61.5. The van der Waals surface area contributed by atoms with Crippen LogP contribution < -0.4 is 5.32 Å². The van der Waals surface area contributed by atoms with Gasteiger partial charge in [0.15, 0.2) is 0 Å². The zero-order valence-corrected chi connectivity index (χ0v) is 48.5. The van der Waals surface area contributed by atoms with Crippen LogP contribution in [0.25, 0.3) is 10.4 Å². The molecule has 0 saturated heterocycles. The molecule has 95 heavy (non-hydrogen) atoms. The highest BCUT2D eigenvalue weighted by Crippen LogP contribution is 1.67. The van der Waals surface area contributed by atoms with Gasteiger partial charge in [-0.15, -0.1) is 6.42 Å². The number of nitrogens with zero attached hydrogens (tertiary/aromatic N) is 3. The lowest BCUT2D eigenvalue weighted by Gasteiger charge is -1.89. The third kappa shape index (κ3) is 80.4. The maximum Gasteiger partial charge on any atom is 0.216 e. The van der Waals surface area contributed by atoms with Gasteiger partial charge in [0.1, 0.15) is 0 Å². The van der Waals surface area contributed by atoms with Gasteiger partial charge >= 0.3 is 0 Å². The molecule has 0 aliphatic heterocycles. The van der Waals surface area contributed by atoms with E-state index in [0.29, 0.717) is 0 Å². The molecule has 0 aromatic carbocycles. The quantitative estimate of drug-likeness (QED) is 0.192. The molecule has 0 aliphatic carbocycles. The van der Waals surface area contributed by atoms with Crippen LogP contribution in [0, 0.1) is 510 Å². The molecule has 0 unspecified atom stereocenters. The fraction of sp³-hybridized carbons (Fsp3) is 0.0333. The van der Waals surface area contributed by atoms with Crippen molar-refractivity contribution in [3.63, 3.8) is 0 Å². The second-order valence-corrected chi connectivity index (χ2v) is 11.9. The summed E-state index contributed by atoms with van der Waals surface area (Å²) in [5.74, 6) is 212. The third-order valence-corrected chi connectivity index (χ3v) is 5.78. The Hall–Kier alpha value is -20.1. The number of nitrogens with one attached hydrogen (secondary N) is 1. The van der Waals surface area contributed by atoms with E-state index in [-0.39, 0.29) is 12.6 Å². The summed E-state index contributed by atoms with van der Waals surface area (Å²) in [5.41, 5.74) is 7.69. The second-order valence-electron chi connectivity index (χ2n) is 11.9. The van der Waals surface area contributed by atoms with E-state index in [2.05, 4.69) is 519 Å². The highest BCUT2D eigenvalue weighted by molar-refractivity contribution is 5.72. The number of carbonyl (C=O) groups is 1. The molecule has 1 amide bonds. The van der Waals surface area contributed by atoms with Crippen LogP contribution in [0.4, 0.5) is 0 Å². The van der Waals surface area contributed by atoms with E-state index in [0.717, 1.165) is 0 Å². The summed E-state index contributed by atoms with van der Waals surface area (Å²) in [7, 11) is 0. The van der Waals surface area contributed by atoms with Crippen molar-refractivity contribution < 1.29 is 4.79 Å².